The summed E-state index contributed by atoms with van der Waals surface area (Å²) >= 11 is 6.21. The van der Waals surface area contributed by atoms with E-state index in [1.54, 1.807) is 0 Å². The fourth-order valence-corrected chi connectivity index (χ4v) is 8.11. The van der Waals surface area contributed by atoms with Gasteiger partial charge < -0.3 is 10.4 Å². The van der Waals surface area contributed by atoms with Crippen LogP contribution in [0, 0.1) is 46.0 Å². The molecule has 11 heteroatoms. The van der Waals surface area contributed by atoms with Crippen LogP contribution in [0.15, 0.2) is 35.2 Å². The van der Waals surface area contributed by atoms with Gasteiger partial charge in [0.25, 0.3) is 5.91 Å². The number of aliphatic hydroxyl groups excluding tert-OH is 1. The van der Waals surface area contributed by atoms with Crippen LogP contribution in [0.25, 0.3) is 0 Å². The zero-order chi connectivity index (χ0) is 24.8. The van der Waals surface area contributed by atoms with E-state index in [9.17, 15) is 36.8 Å². The summed E-state index contributed by atoms with van der Waals surface area (Å²) in [5.41, 5.74) is -1.44. The molecule has 3 unspecified atom stereocenters. The Morgan fingerprint density at radius 2 is 1.74 bits per heavy atom. The predicted octanol–water partition coefficient (Wildman–Crippen LogP) is 4.47. The summed E-state index contributed by atoms with van der Waals surface area (Å²) < 4.78 is 67.3. The summed E-state index contributed by atoms with van der Waals surface area (Å²) in [6, 6.07) is 6.96. The molecule has 2 fully saturated rings. The summed E-state index contributed by atoms with van der Waals surface area (Å²) in [6.07, 6.45) is 1.69. The van der Waals surface area contributed by atoms with Crippen LogP contribution >= 0.6 is 11.6 Å². The molecule has 0 spiro atoms. The van der Waals surface area contributed by atoms with Crippen LogP contribution in [0.4, 0.5) is 18.9 Å². The van der Waals surface area contributed by atoms with E-state index >= 15 is 0 Å². The van der Waals surface area contributed by atoms with Gasteiger partial charge in [-0.25, -0.2) is 21.6 Å². The van der Waals surface area contributed by atoms with Crippen LogP contribution in [0.3, 0.4) is 0 Å². The SMILES string of the molecule is N#CC1(CO)CC2CC[C@@H](C1)C2S(=O)(=O)c1cc(C(=O)Nc2cc(F)c(F)c(F)c2)ccc1Cl. The third-order valence-corrected chi connectivity index (χ3v) is 9.66. The van der Waals surface area contributed by atoms with E-state index < -0.39 is 43.9 Å². The van der Waals surface area contributed by atoms with Crippen molar-refractivity contribution in [3.8, 4) is 6.07 Å². The number of nitrogens with one attached hydrogen (secondary N) is 1. The normalized spacial score (nSPS) is 26.2. The largest absolute Gasteiger partial charge is 0.395 e. The number of fused-ring (bicyclic) bond motifs is 2. The summed E-state index contributed by atoms with van der Waals surface area (Å²) in [5, 5.41) is 20.6. The number of amides is 1. The molecule has 0 aliphatic heterocycles. The molecular formula is C23H20ClF3N2O4S. The first-order valence-corrected chi connectivity index (χ1v) is 12.5. The van der Waals surface area contributed by atoms with Crippen LogP contribution in [-0.4, -0.2) is 31.3 Å². The lowest BCUT2D eigenvalue weighted by Gasteiger charge is -2.39. The first kappa shape index (κ1) is 24.5. The highest BCUT2D eigenvalue weighted by Crippen LogP contribution is 2.54. The molecular weight excluding hydrogens is 493 g/mol. The lowest BCUT2D eigenvalue weighted by atomic mass is 9.70. The van der Waals surface area contributed by atoms with Crippen LogP contribution in [0.5, 0.6) is 0 Å². The van der Waals surface area contributed by atoms with Crippen molar-refractivity contribution in [2.24, 2.45) is 17.3 Å². The first-order chi connectivity index (χ1) is 16.0. The van der Waals surface area contributed by atoms with E-state index in [-0.39, 0.29) is 52.5 Å². The number of aliphatic hydroxyl groups is 1. The van der Waals surface area contributed by atoms with Gasteiger partial charge in [-0.15, -0.1) is 0 Å². The number of sulfone groups is 1. The molecule has 2 saturated carbocycles. The Balaban J connectivity index is 1.64. The van der Waals surface area contributed by atoms with Crippen molar-refractivity contribution in [1.29, 1.82) is 5.26 Å². The molecule has 0 saturated heterocycles. The van der Waals surface area contributed by atoms with Crippen molar-refractivity contribution >= 4 is 33.0 Å². The first-order valence-electron chi connectivity index (χ1n) is 10.5. The number of anilines is 1. The minimum Gasteiger partial charge on any atom is -0.395 e. The van der Waals surface area contributed by atoms with E-state index in [1.165, 1.54) is 12.1 Å². The molecule has 2 bridgehead atoms. The Bertz CT molecular complexity index is 1270. The number of halogens is 4. The Kier molecular flexibility index (Phi) is 6.40. The van der Waals surface area contributed by atoms with Gasteiger partial charge in [0.2, 0.25) is 0 Å². The summed E-state index contributed by atoms with van der Waals surface area (Å²) in [6.45, 7) is -0.343. The lowest BCUT2D eigenvalue weighted by molar-refractivity contribution is 0.102. The molecule has 2 aromatic rings. The quantitative estimate of drug-likeness (QED) is 0.575. The molecule has 0 radical (unpaired) electrons. The van der Waals surface area contributed by atoms with Gasteiger partial charge in [-0.2, -0.15) is 5.26 Å². The van der Waals surface area contributed by atoms with Gasteiger partial charge in [0.15, 0.2) is 27.3 Å². The lowest BCUT2D eigenvalue weighted by Crippen LogP contribution is -2.43. The van der Waals surface area contributed by atoms with Gasteiger partial charge in [0, 0.05) is 23.4 Å². The average Bonchev–Trinajstić information content (AvgIpc) is 3.09. The van der Waals surface area contributed by atoms with Gasteiger partial charge >= 0.3 is 0 Å². The van der Waals surface area contributed by atoms with Gasteiger partial charge in [0.05, 0.1) is 33.3 Å². The molecule has 6 nitrogen and oxygen atoms in total. The topological polar surface area (TPSA) is 107 Å². The number of nitrogens with zero attached hydrogens (tertiary/aromatic N) is 1. The fourth-order valence-electron chi connectivity index (χ4n) is 5.27. The minimum atomic E-state index is -4.02. The number of nitriles is 1. The maximum absolute atomic E-state index is 13.6. The second-order valence-electron chi connectivity index (χ2n) is 8.92. The number of carbonyl (C=O) groups excluding carboxylic acids is 1. The van der Waals surface area contributed by atoms with Crippen molar-refractivity contribution in [1.82, 2.24) is 0 Å². The summed E-state index contributed by atoms with van der Waals surface area (Å²) in [4.78, 5) is 12.4. The van der Waals surface area contributed by atoms with Crippen molar-refractivity contribution < 1.29 is 31.5 Å². The molecule has 2 aromatic carbocycles. The van der Waals surface area contributed by atoms with Crippen molar-refractivity contribution in [3.63, 3.8) is 0 Å². The molecule has 0 heterocycles. The molecule has 180 valence electrons. The zero-order valence-corrected chi connectivity index (χ0v) is 19.3. The van der Waals surface area contributed by atoms with E-state index in [2.05, 4.69) is 11.4 Å². The highest BCUT2D eigenvalue weighted by Gasteiger charge is 2.54. The maximum atomic E-state index is 13.6. The molecule has 2 aliphatic carbocycles. The highest BCUT2D eigenvalue weighted by molar-refractivity contribution is 7.92. The molecule has 2 aliphatic rings. The van der Waals surface area contributed by atoms with Gasteiger partial charge in [-0.1, -0.05) is 11.6 Å². The van der Waals surface area contributed by atoms with Gasteiger partial charge in [0.1, 0.15) is 0 Å². The third-order valence-electron chi connectivity index (χ3n) is 6.78. The average molecular weight is 513 g/mol. The Hall–Kier alpha value is -2.61. The number of carbonyl (C=O) groups is 1. The molecule has 2 N–H and O–H groups in total. The third kappa shape index (κ3) is 4.17. The number of benzene rings is 2. The number of rotatable bonds is 5. The van der Waals surface area contributed by atoms with Crippen LogP contribution in [0.2, 0.25) is 5.02 Å². The van der Waals surface area contributed by atoms with E-state index in [0.717, 1.165) is 6.07 Å². The zero-order valence-electron chi connectivity index (χ0n) is 17.7. The van der Waals surface area contributed by atoms with Crippen LogP contribution in [0.1, 0.15) is 36.0 Å². The van der Waals surface area contributed by atoms with Crippen molar-refractivity contribution in [2.75, 3.05) is 11.9 Å². The smallest absolute Gasteiger partial charge is 0.255 e. The second-order valence-corrected chi connectivity index (χ2v) is 11.4. The molecule has 1 amide bonds. The number of hydrogen-bond acceptors (Lipinski definition) is 5. The van der Waals surface area contributed by atoms with Gasteiger partial charge in [-0.3, -0.25) is 4.79 Å². The highest BCUT2D eigenvalue weighted by atomic mass is 35.5. The summed E-state index contributed by atoms with van der Waals surface area (Å²) in [5.74, 6) is -6.20. The maximum Gasteiger partial charge on any atom is 0.255 e. The molecule has 4 rings (SSSR count). The fraction of sp³-hybridized carbons (Fsp3) is 0.391. The molecule has 4 atom stereocenters. The van der Waals surface area contributed by atoms with Crippen LogP contribution in [-0.2, 0) is 9.84 Å². The monoisotopic (exact) mass is 512 g/mol. The van der Waals surface area contributed by atoms with E-state index in [0.29, 0.717) is 25.0 Å². The van der Waals surface area contributed by atoms with Crippen molar-refractivity contribution in [2.45, 2.75) is 35.8 Å². The molecule has 0 aromatic heterocycles. The minimum absolute atomic E-state index is 0.0888. The predicted molar refractivity (Wildman–Crippen MR) is 117 cm³/mol. The van der Waals surface area contributed by atoms with Crippen LogP contribution < -0.4 is 5.32 Å². The van der Waals surface area contributed by atoms with E-state index in [4.69, 9.17) is 11.6 Å². The second kappa shape index (κ2) is 8.87. The summed E-state index contributed by atoms with van der Waals surface area (Å²) in [7, 11) is -4.02. The van der Waals surface area contributed by atoms with Crippen molar-refractivity contribution in [3.05, 3.63) is 58.4 Å². The standard InChI is InChI=1S/C23H20ClF3N2O4S/c24-16-4-3-12(22(31)29-15-6-17(25)20(27)18(26)7-15)5-19(16)34(32,33)21-13-1-2-14(21)9-23(8-13,10-28)11-30/h3-7,13-14,21,30H,1-2,8-9,11H2,(H,29,31)/t13-,14?,21?,23?/m0/s1. The molecule has 34 heavy (non-hydrogen) atoms. The van der Waals surface area contributed by atoms with E-state index in [1.807, 2.05) is 0 Å². The Morgan fingerprint density at radius 3 is 2.26 bits per heavy atom. The Labute approximate surface area is 199 Å². The van der Waals surface area contributed by atoms with Gasteiger partial charge in [-0.05, 0) is 55.7 Å². The Morgan fingerprint density at radius 1 is 1.15 bits per heavy atom. The number of hydrogen-bond donors (Lipinski definition) is 2.